The Hall–Kier alpha value is -3.28. The van der Waals surface area contributed by atoms with Gasteiger partial charge in [-0.1, -0.05) is 11.6 Å². The summed E-state index contributed by atoms with van der Waals surface area (Å²) in [7, 11) is -2.65. The molecule has 12 heteroatoms. The maximum atomic E-state index is 12.3. The first-order valence-electron chi connectivity index (χ1n) is 9.20. The normalized spacial score (nSPS) is 14.2. The number of anilines is 1. The Morgan fingerprint density at radius 2 is 1.69 bits per heavy atom. The number of hydrogen-bond acceptors (Lipinski definition) is 7. The van der Waals surface area contributed by atoms with Gasteiger partial charge < -0.3 is 10.1 Å². The second-order valence-corrected chi connectivity index (χ2v) is 9.03. The highest BCUT2D eigenvalue weighted by Crippen LogP contribution is 2.24. The Balaban J connectivity index is 1.55. The number of nitrogens with one attached hydrogen (secondary N) is 2. The second-order valence-electron chi connectivity index (χ2n) is 6.88. The zero-order chi connectivity index (χ0) is 23.6. The molecule has 0 bridgehead atoms. The number of sulfonamides is 1. The van der Waals surface area contributed by atoms with Gasteiger partial charge in [0.05, 0.1) is 16.0 Å². The monoisotopic (exact) mass is 479 g/mol. The second kappa shape index (κ2) is 9.07. The highest BCUT2D eigenvalue weighted by molar-refractivity contribution is 7.89. The number of nitrogens with zero attached hydrogens (tertiary/aromatic N) is 1. The van der Waals surface area contributed by atoms with Gasteiger partial charge in [-0.15, -0.1) is 0 Å². The van der Waals surface area contributed by atoms with Crippen LogP contribution in [0.2, 0.25) is 5.02 Å². The molecule has 1 aliphatic rings. The van der Waals surface area contributed by atoms with Gasteiger partial charge in [0.15, 0.2) is 6.61 Å². The number of benzene rings is 2. The van der Waals surface area contributed by atoms with E-state index < -0.39 is 46.4 Å². The lowest BCUT2D eigenvalue weighted by Gasteiger charge is -2.14. The molecule has 0 saturated carbocycles. The van der Waals surface area contributed by atoms with Crippen LogP contribution in [0.3, 0.4) is 0 Å². The summed E-state index contributed by atoms with van der Waals surface area (Å²) < 4.78 is 31.6. The van der Waals surface area contributed by atoms with Crippen molar-refractivity contribution in [3.8, 4) is 0 Å². The third kappa shape index (κ3) is 4.96. The predicted octanol–water partition coefficient (Wildman–Crippen LogP) is 1.41. The van der Waals surface area contributed by atoms with Gasteiger partial charge in [-0.3, -0.25) is 24.1 Å². The van der Waals surface area contributed by atoms with Gasteiger partial charge in [0, 0.05) is 17.8 Å². The molecular formula is C20H18ClN3O7S. The van der Waals surface area contributed by atoms with Crippen molar-refractivity contribution in [1.29, 1.82) is 0 Å². The van der Waals surface area contributed by atoms with Crippen molar-refractivity contribution in [2.45, 2.75) is 17.9 Å². The third-order valence-electron chi connectivity index (χ3n) is 4.53. The third-order valence-corrected chi connectivity index (χ3v) is 6.34. The molecule has 1 atom stereocenters. The fourth-order valence-electron chi connectivity index (χ4n) is 2.86. The zero-order valence-electron chi connectivity index (χ0n) is 16.9. The summed E-state index contributed by atoms with van der Waals surface area (Å²) in [5, 5.41) is 2.80. The van der Waals surface area contributed by atoms with Gasteiger partial charge in [-0.25, -0.2) is 8.42 Å². The average molecular weight is 480 g/mol. The molecule has 2 aromatic rings. The molecule has 2 aromatic carbocycles. The molecule has 0 fully saturated rings. The summed E-state index contributed by atoms with van der Waals surface area (Å²) in [5.41, 5.74) is 0.610. The van der Waals surface area contributed by atoms with E-state index in [-0.39, 0.29) is 21.7 Å². The molecule has 1 heterocycles. The lowest BCUT2D eigenvalue weighted by Crippen LogP contribution is -2.40. The Morgan fingerprint density at radius 3 is 2.34 bits per heavy atom. The first kappa shape index (κ1) is 23.4. The molecule has 0 aromatic heterocycles. The van der Waals surface area contributed by atoms with Crippen molar-refractivity contribution >= 4 is 51.0 Å². The van der Waals surface area contributed by atoms with E-state index in [2.05, 4.69) is 10.0 Å². The van der Waals surface area contributed by atoms with Crippen LogP contribution >= 0.6 is 11.6 Å². The molecule has 32 heavy (non-hydrogen) atoms. The van der Waals surface area contributed by atoms with Gasteiger partial charge in [-0.05, 0) is 49.4 Å². The fourth-order valence-corrected chi connectivity index (χ4v) is 4.18. The highest BCUT2D eigenvalue weighted by atomic mass is 35.5. The topological polar surface area (TPSA) is 139 Å². The van der Waals surface area contributed by atoms with Crippen molar-refractivity contribution in [3.63, 3.8) is 0 Å². The van der Waals surface area contributed by atoms with Crippen LogP contribution in [-0.4, -0.2) is 56.7 Å². The van der Waals surface area contributed by atoms with Crippen LogP contribution in [0.4, 0.5) is 5.69 Å². The lowest BCUT2D eigenvalue weighted by molar-refractivity contribution is -0.148. The molecule has 3 rings (SSSR count). The van der Waals surface area contributed by atoms with Gasteiger partial charge >= 0.3 is 5.97 Å². The number of imide groups is 1. The summed E-state index contributed by atoms with van der Waals surface area (Å²) in [4.78, 5) is 49.0. The smallest absolute Gasteiger partial charge is 0.324 e. The van der Waals surface area contributed by atoms with Gasteiger partial charge in [0.2, 0.25) is 10.0 Å². The average Bonchev–Trinajstić information content (AvgIpc) is 2.95. The van der Waals surface area contributed by atoms with Crippen LogP contribution in [0.5, 0.6) is 0 Å². The summed E-state index contributed by atoms with van der Waals surface area (Å²) in [5.74, 6) is -2.61. The minimum atomic E-state index is -4.00. The minimum absolute atomic E-state index is 0.0884. The van der Waals surface area contributed by atoms with Gasteiger partial charge in [-0.2, -0.15) is 4.72 Å². The van der Waals surface area contributed by atoms with E-state index in [1.165, 1.54) is 56.4 Å². The van der Waals surface area contributed by atoms with Crippen LogP contribution in [0.15, 0.2) is 47.4 Å². The molecule has 0 aliphatic carbocycles. The molecule has 168 valence electrons. The molecule has 3 amide bonds. The highest BCUT2D eigenvalue weighted by Gasteiger charge is 2.32. The number of carbonyl (C=O) groups excluding carboxylic acids is 4. The Morgan fingerprint density at radius 1 is 1.06 bits per heavy atom. The van der Waals surface area contributed by atoms with Crippen molar-refractivity contribution in [2.75, 3.05) is 19.0 Å². The maximum absolute atomic E-state index is 12.3. The Kier molecular flexibility index (Phi) is 6.63. The molecular weight excluding hydrogens is 462 g/mol. The fraction of sp³-hybridized carbons (Fsp3) is 0.200. The predicted molar refractivity (Wildman–Crippen MR) is 114 cm³/mol. The Labute approximate surface area is 188 Å². The van der Waals surface area contributed by atoms with E-state index in [1.54, 1.807) is 0 Å². The van der Waals surface area contributed by atoms with Crippen molar-refractivity contribution in [2.24, 2.45) is 0 Å². The first-order valence-corrected chi connectivity index (χ1v) is 11.1. The van der Waals surface area contributed by atoms with Crippen LogP contribution in [0.25, 0.3) is 0 Å². The molecule has 0 radical (unpaired) electrons. The Bertz CT molecular complexity index is 1210. The van der Waals surface area contributed by atoms with Crippen LogP contribution in [-0.2, 0) is 24.3 Å². The summed E-state index contributed by atoms with van der Waals surface area (Å²) in [6, 6.07) is 8.28. The van der Waals surface area contributed by atoms with E-state index in [0.29, 0.717) is 5.02 Å². The van der Waals surface area contributed by atoms with E-state index in [0.717, 1.165) is 4.90 Å². The van der Waals surface area contributed by atoms with Crippen LogP contribution in [0, 0.1) is 0 Å². The molecule has 0 spiro atoms. The van der Waals surface area contributed by atoms with Crippen LogP contribution < -0.4 is 10.0 Å². The SMILES string of the molecule is CC(NS(=O)(=O)c1ccc(Cl)cc1)C(=O)OCC(=O)Nc1ccc2c(c1)C(=O)N(C)C2=O. The number of halogens is 1. The summed E-state index contributed by atoms with van der Waals surface area (Å²) in [6.07, 6.45) is 0. The number of fused-ring (bicyclic) bond motifs is 1. The van der Waals surface area contributed by atoms with Crippen molar-refractivity contribution in [1.82, 2.24) is 9.62 Å². The van der Waals surface area contributed by atoms with Crippen molar-refractivity contribution in [3.05, 3.63) is 58.6 Å². The standard InChI is InChI=1S/C20H18ClN3O7S/c1-11(23-32(29,30)14-6-3-12(21)4-7-14)20(28)31-10-17(25)22-13-5-8-15-16(9-13)19(27)24(2)18(15)26/h3-9,11,23H,10H2,1-2H3,(H,22,25). The largest absolute Gasteiger partial charge is 0.454 e. The van der Waals surface area contributed by atoms with Gasteiger partial charge in [0.25, 0.3) is 17.7 Å². The molecule has 10 nitrogen and oxygen atoms in total. The zero-order valence-corrected chi connectivity index (χ0v) is 18.5. The number of ether oxygens (including phenoxy) is 1. The lowest BCUT2D eigenvalue weighted by atomic mass is 10.1. The van der Waals surface area contributed by atoms with E-state index >= 15 is 0 Å². The molecule has 1 unspecified atom stereocenters. The molecule has 0 saturated heterocycles. The van der Waals surface area contributed by atoms with Gasteiger partial charge in [0.1, 0.15) is 6.04 Å². The number of esters is 1. The number of carbonyl (C=O) groups is 4. The number of amides is 3. The number of rotatable bonds is 7. The van der Waals surface area contributed by atoms with E-state index in [1.807, 2.05) is 0 Å². The molecule has 2 N–H and O–H groups in total. The summed E-state index contributed by atoms with van der Waals surface area (Å²) >= 11 is 5.73. The van der Waals surface area contributed by atoms with Crippen LogP contribution in [0.1, 0.15) is 27.6 Å². The minimum Gasteiger partial charge on any atom is -0.454 e. The quantitative estimate of drug-likeness (QED) is 0.452. The molecule has 1 aliphatic heterocycles. The van der Waals surface area contributed by atoms with Crippen molar-refractivity contribution < 1.29 is 32.3 Å². The summed E-state index contributed by atoms with van der Waals surface area (Å²) in [6.45, 7) is 0.586. The maximum Gasteiger partial charge on any atom is 0.324 e. The first-order chi connectivity index (χ1) is 15.0. The van der Waals surface area contributed by atoms with E-state index in [9.17, 15) is 27.6 Å². The van der Waals surface area contributed by atoms with E-state index in [4.69, 9.17) is 16.3 Å². The number of hydrogen-bond donors (Lipinski definition) is 2.